The number of hydrogen-bond acceptors (Lipinski definition) is 9. The molecule has 248 valence electrons. The molecule has 1 atom stereocenters. The number of methoxy groups -OCH3 is 4. The number of nitrogens with one attached hydrogen (secondary N) is 1. The first kappa shape index (κ1) is 35.0. The molecule has 4 aromatic carbocycles. The zero-order valence-electron chi connectivity index (χ0n) is 27.5. The number of rotatable bonds is 15. The highest BCUT2D eigenvalue weighted by molar-refractivity contribution is 5.60. The zero-order valence-corrected chi connectivity index (χ0v) is 27.5. The average Bonchev–Trinajstić information content (AvgIpc) is 3.50. The molecule has 0 aromatic heterocycles. The summed E-state index contributed by atoms with van der Waals surface area (Å²) in [6.45, 7) is 4.16. The monoisotopic (exact) mass is 640 g/mol. The van der Waals surface area contributed by atoms with Gasteiger partial charge in [-0.15, -0.1) is 0 Å². The van der Waals surface area contributed by atoms with E-state index in [1.165, 1.54) is 22.3 Å². The lowest BCUT2D eigenvalue weighted by atomic mass is 10.2. The normalized spacial score (nSPS) is 14.1. The van der Waals surface area contributed by atoms with E-state index in [0.717, 1.165) is 55.8 Å². The Morgan fingerprint density at radius 3 is 1.62 bits per heavy atom. The Bertz CT molecular complexity index is 1530. The predicted octanol–water partition coefficient (Wildman–Crippen LogP) is 3.72. The van der Waals surface area contributed by atoms with Crippen molar-refractivity contribution in [1.29, 1.82) is 0 Å². The Labute approximate surface area is 277 Å². The quantitative estimate of drug-likeness (QED) is 0.119. The molecule has 1 heterocycles. The Balaban J connectivity index is 0.00000160. The number of carbonyl (C=O) groups excluding carboxylic acids is 1. The van der Waals surface area contributed by atoms with Crippen LogP contribution in [0.2, 0.25) is 0 Å². The van der Waals surface area contributed by atoms with E-state index >= 15 is 0 Å². The molecule has 1 aliphatic rings. The fourth-order valence-corrected chi connectivity index (χ4v) is 5.44. The molecule has 0 saturated carbocycles. The standard InChI is InChI=1S/C36H43N4O4.CH2O2/c1-41-32-13-5-28(6-14-32)21-37-26-39(23-30-9-17-34(43-3)18-10-30)36-25-38(22-29-7-15-33(42-2)16-8-29)27-40(36)24-31-11-19-35(44-4)20-12-31;2-1-3/h5-20,25,36-37H,21-24,26-27H2,1-4H3;1H,(H,2,3)/q+1;/p-1. The van der Waals surface area contributed by atoms with Crippen LogP contribution >= 0.6 is 0 Å². The minimum atomic E-state index is -0.500. The third kappa shape index (κ3) is 10.6. The molecule has 0 fully saturated rings. The van der Waals surface area contributed by atoms with Gasteiger partial charge in [0.05, 0.1) is 35.1 Å². The lowest BCUT2D eigenvalue weighted by molar-refractivity contribution is -0.548. The number of benzene rings is 4. The average molecular weight is 641 g/mol. The van der Waals surface area contributed by atoms with Gasteiger partial charge in [-0.05, 0) is 77.4 Å². The molecule has 0 spiro atoms. The Morgan fingerprint density at radius 1 is 0.723 bits per heavy atom. The largest absolute Gasteiger partial charge is 0.554 e. The van der Waals surface area contributed by atoms with Crippen LogP contribution in [0.3, 0.4) is 0 Å². The number of nitrogens with zero attached hydrogens (tertiary/aromatic N) is 3. The SMILES string of the molecule is COc1ccc(CNCN(Cc2ccc(OC)cc2)C2C=[N+](Cc3ccc(OC)cc3)CN2Cc2ccc(OC)cc2)cc1.O=C[O-]. The van der Waals surface area contributed by atoms with Gasteiger partial charge in [0.25, 0.3) is 0 Å². The fraction of sp³-hybridized carbons (Fsp3) is 0.297. The van der Waals surface area contributed by atoms with Crippen LogP contribution in [0.5, 0.6) is 23.0 Å². The molecule has 0 saturated heterocycles. The summed E-state index contributed by atoms with van der Waals surface area (Å²) >= 11 is 0. The van der Waals surface area contributed by atoms with Crippen molar-refractivity contribution in [3.8, 4) is 23.0 Å². The van der Waals surface area contributed by atoms with E-state index < -0.39 is 6.47 Å². The highest BCUT2D eigenvalue weighted by Gasteiger charge is 2.35. The van der Waals surface area contributed by atoms with Crippen molar-refractivity contribution in [3.05, 3.63) is 119 Å². The van der Waals surface area contributed by atoms with Crippen LogP contribution in [-0.2, 0) is 31.0 Å². The van der Waals surface area contributed by atoms with Gasteiger partial charge in [-0.1, -0.05) is 36.4 Å². The van der Waals surface area contributed by atoms with Gasteiger partial charge in [0.15, 0.2) is 12.8 Å². The van der Waals surface area contributed by atoms with E-state index in [0.29, 0.717) is 6.67 Å². The van der Waals surface area contributed by atoms with Crippen LogP contribution < -0.4 is 29.4 Å². The van der Waals surface area contributed by atoms with Gasteiger partial charge in [-0.3, -0.25) is 4.90 Å². The Morgan fingerprint density at radius 2 is 1.15 bits per heavy atom. The summed E-state index contributed by atoms with van der Waals surface area (Å²) < 4.78 is 23.9. The molecule has 0 radical (unpaired) electrons. The van der Waals surface area contributed by atoms with Gasteiger partial charge in [0, 0.05) is 31.7 Å². The molecule has 47 heavy (non-hydrogen) atoms. The molecule has 1 unspecified atom stereocenters. The van der Waals surface area contributed by atoms with Crippen LogP contribution in [0.15, 0.2) is 97.1 Å². The van der Waals surface area contributed by atoms with Crippen LogP contribution in [0, 0.1) is 0 Å². The van der Waals surface area contributed by atoms with E-state index in [2.05, 4.69) is 74.4 Å². The van der Waals surface area contributed by atoms with Gasteiger partial charge in [0.2, 0.25) is 6.67 Å². The first-order valence-corrected chi connectivity index (χ1v) is 15.3. The molecule has 10 heteroatoms. The molecule has 10 nitrogen and oxygen atoms in total. The summed E-state index contributed by atoms with van der Waals surface area (Å²) in [5.41, 5.74) is 4.92. The lowest BCUT2D eigenvalue weighted by Crippen LogP contribution is -2.49. The third-order valence-electron chi connectivity index (χ3n) is 7.89. The van der Waals surface area contributed by atoms with Gasteiger partial charge in [-0.2, -0.15) is 0 Å². The highest BCUT2D eigenvalue weighted by Crippen LogP contribution is 2.22. The Kier molecular flexibility index (Phi) is 13.6. The van der Waals surface area contributed by atoms with Crippen molar-refractivity contribution in [1.82, 2.24) is 15.1 Å². The van der Waals surface area contributed by atoms with Gasteiger partial charge in [0.1, 0.15) is 29.2 Å². The first-order chi connectivity index (χ1) is 23.0. The molecule has 1 N–H and O–H groups in total. The number of ether oxygens (including phenoxy) is 4. The van der Waals surface area contributed by atoms with Crippen LogP contribution in [0.4, 0.5) is 0 Å². The minimum Gasteiger partial charge on any atom is -0.554 e. The maximum atomic E-state index is 8.25. The second kappa shape index (κ2) is 18.3. The second-order valence-corrected chi connectivity index (χ2v) is 11.0. The summed E-state index contributed by atoms with van der Waals surface area (Å²) in [6.07, 6.45) is 2.44. The zero-order chi connectivity index (χ0) is 33.4. The molecule has 0 aliphatic carbocycles. The van der Waals surface area contributed by atoms with E-state index in [9.17, 15) is 0 Å². The number of carbonyl (C=O) groups is 1. The highest BCUT2D eigenvalue weighted by atomic mass is 16.5. The summed E-state index contributed by atoms with van der Waals surface area (Å²) in [6, 6.07) is 33.3. The summed E-state index contributed by atoms with van der Waals surface area (Å²) in [4.78, 5) is 13.3. The second-order valence-electron chi connectivity index (χ2n) is 11.0. The summed E-state index contributed by atoms with van der Waals surface area (Å²) in [7, 11) is 6.79. The van der Waals surface area contributed by atoms with Crippen molar-refractivity contribution in [2.75, 3.05) is 41.8 Å². The maximum absolute atomic E-state index is 8.25. The Hall–Kier alpha value is -4.90. The molecule has 0 bridgehead atoms. The van der Waals surface area contributed by atoms with Crippen molar-refractivity contribution in [3.63, 3.8) is 0 Å². The predicted molar refractivity (Wildman–Crippen MR) is 180 cm³/mol. The van der Waals surface area contributed by atoms with E-state index in [1.54, 1.807) is 28.4 Å². The molecule has 1 aliphatic heterocycles. The number of carboxylic acid groups (broad SMARTS) is 1. The fourth-order valence-electron chi connectivity index (χ4n) is 5.44. The van der Waals surface area contributed by atoms with Crippen molar-refractivity contribution in [2.45, 2.75) is 32.3 Å². The molecule has 5 rings (SSSR count). The number of hydrogen-bond donors (Lipinski definition) is 1. The first-order valence-electron chi connectivity index (χ1n) is 15.3. The third-order valence-corrected chi connectivity index (χ3v) is 7.89. The lowest BCUT2D eigenvalue weighted by Gasteiger charge is -2.31. The molecule has 0 amide bonds. The van der Waals surface area contributed by atoms with E-state index in [-0.39, 0.29) is 6.17 Å². The summed E-state index contributed by atoms with van der Waals surface area (Å²) in [5.74, 6) is 3.45. The summed E-state index contributed by atoms with van der Waals surface area (Å²) in [5, 5.41) is 12.0. The van der Waals surface area contributed by atoms with Crippen LogP contribution in [-0.4, -0.2) is 75.0 Å². The van der Waals surface area contributed by atoms with Crippen LogP contribution in [0.25, 0.3) is 0 Å². The van der Waals surface area contributed by atoms with Crippen molar-refractivity contribution >= 4 is 12.7 Å². The van der Waals surface area contributed by atoms with Gasteiger partial charge < -0.3 is 34.2 Å². The molecule has 4 aromatic rings. The molecular formula is C37H44N4O6. The van der Waals surface area contributed by atoms with E-state index in [1.807, 2.05) is 48.5 Å². The topological polar surface area (TPSA) is 98.6 Å². The van der Waals surface area contributed by atoms with Gasteiger partial charge in [-0.25, -0.2) is 9.48 Å². The molecular weight excluding hydrogens is 596 g/mol. The van der Waals surface area contributed by atoms with E-state index in [4.69, 9.17) is 28.8 Å². The van der Waals surface area contributed by atoms with Crippen LogP contribution in [0.1, 0.15) is 22.3 Å². The van der Waals surface area contributed by atoms with Crippen molar-refractivity contribution < 1.29 is 33.4 Å². The maximum Gasteiger partial charge on any atom is 0.201 e. The smallest absolute Gasteiger partial charge is 0.201 e. The minimum absolute atomic E-state index is 0.0702. The van der Waals surface area contributed by atoms with Gasteiger partial charge >= 0.3 is 0 Å². The van der Waals surface area contributed by atoms with Crippen molar-refractivity contribution in [2.24, 2.45) is 0 Å².